The van der Waals surface area contributed by atoms with E-state index in [0.29, 0.717) is 23.7 Å². The average Bonchev–Trinajstić information content (AvgIpc) is 2.53. The van der Waals surface area contributed by atoms with Crippen LogP contribution in [0.1, 0.15) is 11.1 Å². The van der Waals surface area contributed by atoms with E-state index in [9.17, 15) is 0 Å². The van der Waals surface area contributed by atoms with Crippen LogP contribution >= 0.6 is 0 Å². The maximum Gasteiger partial charge on any atom is 0.169 e. The van der Waals surface area contributed by atoms with Crippen LogP contribution in [0.4, 0.5) is 11.6 Å². The highest BCUT2D eigenvalue weighted by molar-refractivity contribution is 5.79. The van der Waals surface area contributed by atoms with Gasteiger partial charge in [0.15, 0.2) is 11.6 Å². The number of anilines is 2. The molecule has 0 spiro atoms. The topological polar surface area (TPSA) is 87.6 Å². The maximum atomic E-state index is 8.77. The first kappa shape index (κ1) is 12.9. The van der Waals surface area contributed by atoms with Gasteiger partial charge in [0.1, 0.15) is 0 Å². The number of nitrogens with one attached hydrogen (secondary N) is 1. The molecule has 0 aliphatic carbocycles. The minimum absolute atomic E-state index is 0.377. The lowest BCUT2D eigenvalue weighted by atomic mass is 10.1. The molecule has 0 radical (unpaired) electrons. The zero-order valence-electron chi connectivity index (χ0n) is 11.2. The molecule has 0 fully saturated rings. The molecule has 0 unspecified atom stereocenters. The van der Waals surface area contributed by atoms with E-state index in [-0.39, 0.29) is 0 Å². The van der Waals surface area contributed by atoms with Crippen LogP contribution in [0, 0.1) is 11.3 Å². The summed E-state index contributed by atoms with van der Waals surface area (Å²) >= 11 is 0. The third kappa shape index (κ3) is 2.74. The van der Waals surface area contributed by atoms with Gasteiger partial charge in [-0.25, -0.2) is 9.97 Å². The summed E-state index contributed by atoms with van der Waals surface area (Å²) in [6, 6.07) is 17.1. The number of nitrogen functional groups attached to an aromatic ring is 1. The van der Waals surface area contributed by atoms with Crippen molar-refractivity contribution in [3.63, 3.8) is 0 Å². The third-order valence-electron chi connectivity index (χ3n) is 3.14. The van der Waals surface area contributed by atoms with Gasteiger partial charge in [0.25, 0.3) is 0 Å². The van der Waals surface area contributed by atoms with Crippen molar-refractivity contribution in [2.24, 2.45) is 0 Å². The van der Waals surface area contributed by atoms with E-state index in [4.69, 9.17) is 11.0 Å². The Hall–Kier alpha value is -3.13. The van der Waals surface area contributed by atoms with Gasteiger partial charge in [0, 0.05) is 6.54 Å². The highest BCUT2D eigenvalue weighted by atomic mass is 15.1. The van der Waals surface area contributed by atoms with Gasteiger partial charge in [0.2, 0.25) is 0 Å². The summed E-state index contributed by atoms with van der Waals surface area (Å²) < 4.78 is 0. The highest BCUT2D eigenvalue weighted by Crippen LogP contribution is 2.19. The molecule has 0 saturated carbocycles. The molecule has 102 valence electrons. The molecule has 3 N–H and O–H groups in total. The molecule has 1 aromatic heterocycles. The predicted octanol–water partition coefficient (Wildman–Crippen LogP) is 2.70. The van der Waals surface area contributed by atoms with Crippen molar-refractivity contribution in [2.45, 2.75) is 6.54 Å². The van der Waals surface area contributed by atoms with Gasteiger partial charge in [0.05, 0.1) is 22.7 Å². The Kier molecular flexibility index (Phi) is 3.36. The summed E-state index contributed by atoms with van der Waals surface area (Å²) in [6.07, 6.45) is 0. The quantitative estimate of drug-likeness (QED) is 0.767. The fraction of sp³-hybridized carbons (Fsp3) is 0.0625. The number of rotatable bonds is 3. The number of hydrogen-bond donors (Lipinski definition) is 2. The van der Waals surface area contributed by atoms with Crippen LogP contribution in [-0.4, -0.2) is 9.97 Å². The van der Waals surface area contributed by atoms with E-state index in [2.05, 4.69) is 21.4 Å². The molecule has 0 atom stereocenters. The van der Waals surface area contributed by atoms with Gasteiger partial charge in [-0.15, -0.1) is 0 Å². The van der Waals surface area contributed by atoms with Gasteiger partial charge in [-0.2, -0.15) is 5.26 Å². The van der Waals surface area contributed by atoms with Crippen molar-refractivity contribution in [2.75, 3.05) is 11.1 Å². The number of fused-ring (bicyclic) bond motifs is 1. The summed E-state index contributed by atoms with van der Waals surface area (Å²) in [5.74, 6) is 0.945. The number of aromatic nitrogens is 2. The first-order valence-corrected chi connectivity index (χ1v) is 6.51. The second-order valence-electron chi connectivity index (χ2n) is 4.61. The molecular weight excluding hydrogens is 262 g/mol. The Balaban J connectivity index is 1.81. The second kappa shape index (κ2) is 5.47. The Morgan fingerprint density at radius 2 is 1.67 bits per heavy atom. The number of benzene rings is 2. The highest BCUT2D eigenvalue weighted by Gasteiger charge is 2.05. The lowest BCUT2D eigenvalue weighted by molar-refractivity contribution is 1.11. The SMILES string of the molecule is N#Cc1ccc(CNc2nc3ccccc3nc2N)cc1. The smallest absolute Gasteiger partial charge is 0.169 e. The monoisotopic (exact) mass is 275 g/mol. The molecule has 3 aromatic rings. The molecule has 5 nitrogen and oxygen atoms in total. The first-order chi connectivity index (χ1) is 10.3. The minimum Gasteiger partial charge on any atom is -0.381 e. The maximum absolute atomic E-state index is 8.77. The minimum atomic E-state index is 0.377. The Morgan fingerprint density at radius 3 is 2.33 bits per heavy atom. The second-order valence-corrected chi connectivity index (χ2v) is 4.61. The molecule has 21 heavy (non-hydrogen) atoms. The Bertz CT molecular complexity index is 818. The van der Waals surface area contributed by atoms with E-state index in [0.717, 1.165) is 16.6 Å². The van der Waals surface area contributed by atoms with Crippen LogP contribution in [0.25, 0.3) is 11.0 Å². The van der Waals surface area contributed by atoms with Gasteiger partial charge in [-0.05, 0) is 29.8 Å². The van der Waals surface area contributed by atoms with Crippen molar-refractivity contribution < 1.29 is 0 Å². The Labute approximate surface area is 122 Å². The third-order valence-corrected chi connectivity index (χ3v) is 3.14. The van der Waals surface area contributed by atoms with Crippen LogP contribution in [-0.2, 0) is 6.54 Å². The summed E-state index contributed by atoms with van der Waals surface area (Å²) in [6.45, 7) is 0.572. The standard InChI is InChI=1S/C16H13N5/c17-9-11-5-7-12(8-6-11)10-19-16-15(18)20-13-3-1-2-4-14(13)21-16/h1-8H,10H2,(H2,18,20)(H,19,21). The first-order valence-electron chi connectivity index (χ1n) is 6.51. The van der Waals surface area contributed by atoms with Crippen LogP contribution in [0.5, 0.6) is 0 Å². The van der Waals surface area contributed by atoms with E-state index < -0.39 is 0 Å². The van der Waals surface area contributed by atoms with Crippen molar-refractivity contribution in [3.05, 3.63) is 59.7 Å². The molecule has 0 aliphatic heterocycles. The normalized spacial score (nSPS) is 10.2. The number of hydrogen-bond acceptors (Lipinski definition) is 5. The fourth-order valence-electron chi connectivity index (χ4n) is 2.03. The lowest BCUT2D eigenvalue weighted by Gasteiger charge is -2.09. The van der Waals surface area contributed by atoms with Crippen LogP contribution < -0.4 is 11.1 Å². The van der Waals surface area contributed by atoms with Gasteiger partial charge < -0.3 is 11.1 Å². The molecule has 0 saturated heterocycles. The van der Waals surface area contributed by atoms with Gasteiger partial charge >= 0.3 is 0 Å². The van der Waals surface area contributed by atoms with Crippen molar-refractivity contribution in [1.82, 2.24) is 9.97 Å². The molecule has 5 heteroatoms. The van der Waals surface area contributed by atoms with Crippen LogP contribution in [0.2, 0.25) is 0 Å². The largest absolute Gasteiger partial charge is 0.381 e. The van der Waals surface area contributed by atoms with E-state index in [1.165, 1.54) is 0 Å². The van der Waals surface area contributed by atoms with Gasteiger partial charge in [-0.1, -0.05) is 24.3 Å². The summed E-state index contributed by atoms with van der Waals surface area (Å²) in [5.41, 5.74) is 9.18. The predicted molar refractivity (Wildman–Crippen MR) is 82.4 cm³/mol. The summed E-state index contributed by atoms with van der Waals surface area (Å²) in [7, 11) is 0. The fourth-order valence-corrected chi connectivity index (χ4v) is 2.03. The van der Waals surface area contributed by atoms with E-state index in [1.54, 1.807) is 12.1 Å². The lowest BCUT2D eigenvalue weighted by Crippen LogP contribution is -2.06. The van der Waals surface area contributed by atoms with E-state index >= 15 is 0 Å². The van der Waals surface area contributed by atoms with Crippen LogP contribution in [0.15, 0.2) is 48.5 Å². The molecular formula is C16H13N5. The molecule has 0 bridgehead atoms. The molecule has 2 aromatic carbocycles. The summed E-state index contributed by atoms with van der Waals surface area (Å²) in [4.78, 5) is 8.80. The summed E-state index contributed by atoms with van der Waals surface area (Å²) in [5, 5.41) is 12.0. The number of nitriles is 1. The van der Waals surface area contributed by atoms with Crippen molar-refractivity contribution in [1.29, 1.82) is 5.26 Å². The number of para-hydroxylation sites is 2. The Morgan fingerprint density at radius 1 is 1.00 bits per heavy atom. The zero-order valence-corrected chi connectivity index (χ0v) is 11.2. The van der Waals surface area contributed by atoms with Gasteiger partial charge in [-0.3, -0.25) is 0 Å². The van der Waals surface area contributed by atoms with Crippen LogP contribution in [0.3, 0.4) is 0 Å². The average molecular weight is 275 g/mol. The zero-order chi connectivity index (χ0) is 14.7. The number of nitrogens with two attached hydrogens (primary N) is 1. The van der Waals surface area contributed by atoms with Crippen molar-refractivity contribution in [3.8, 4) is 6.07 Å². The molecule has 0 aliphatic rings. The molecule has 3 rings (SSSR count). The molecule has 1 heterocycles. The number of nitrogens with zero attached hydrogens (tertiary/aromatic N) is 3. The van der Waals surface area contributed by atoms with E-state index in [1.807, 2.05) is 36.4 Å². The molecule has 0 amide bonds. The van der Waals surface area contributed by atoms with Crippen molar-refractivity contribution >= 4 is 22.7 Å².